The Morgan fingerprint density at radius 3 is 2.50 bits per heavy atom. The van der Waals surface area contributed by atoms with Crippen molar-refractivity contribution in [2.75, 3.05) is 0 Å². The molecular weight excluding hydrogens is 144 g/mol. The normalized spacial score (nSPS) is 43.8. The van der Waals surface area contributed by atoms with Gasteiger partial charge in [-0.2, -0.15) is 0 Å². The van der Waals surface area contributed by atoms with Crippen molar-refractivity contribution in [2.45, 2.75) is 52.9 Å². The van der Waals surface area contributed by atoms with Crippen molar-refractivity contribution in [3.05, 3.63) is 6.42 Å². The average molecular weight is 165 g/mol. The van der Waals surface area contributed by atoms with E-state index in [0.29, 0.717) is 10.8 Å². The summed E-state index contributed by atoms with van der Waals surface area (Å²) < 4.78 is 0. The van der Waals surface area contributed by atoms with Gasteiger partial charge < -0.3 is 0 Å². The van der Waals surface area contributed by atoms with E-state index in [4.69, 9.17) is 0 Å². The van der Waals surface area contributed by atoms with E-state index < -0.39 is 0 Å². The molecule has 0 heterocycles. The Bertz CT molecular complexity index is 170. The van der Waals surface area contributed by atoms with Crippen molar-refractivity contribution < 1.29 is 0 Å². The van der Waals surface area contributed by atoms with Crippen LogP contribution in [0.1, 0.15) is 52.9 Å². The van der Waals surface area contributed by atoms with Gasteiger partial charge in [0.15, 0.2) is 0 Å². The van der Waals surface area contributed by atoms with Crippen LogP contribution in [0, 0.1) is 23.2 Å². The van der Waals surface area contributed by atoms with Gasteiger partial charge in [-0.05, 0) is 48.9 Å². The van der Waals surface area contributed by atoms with Gasteiger partial charge in [0.2, 0.25) is 0 Å². The third-order valence-corrected chi connectivity index (χ3v) is 4.73. The topological polar surface area (TPSA) is 0 Å². The quantitative estimate of drug-likeness (QED) is 0.583. The molecule has 2 aliphatic rings. The van der Waals surface area contributed by atoms with Crippen molar-refractivity contribution in [2.24, 2.45) is 16.7 Å². The van der Waals surface area contributed by atoms with Crippen LogP contribution in [0.3, 0.4) is 0 Å². The van der Waals surface area contributed by atoms with Crippen LogP contribution in [0.25, 0.3) is 0 Å². The molecule has 0 amide bonds. The Morgan fingerprint density at radius 2 is 2.17 bits per heavy atom. The molecule has 0 aromatic rings. The SMILES string of the molecule is CCCC12[CH]CC(CC1)C2(C)C. The minimum absolute atomic E-state index is 0.614. The van der Waals surface area contributed by atoms with Crippen LogP contribution >= 0.6 is 0 Å². The smallest absolute Gasteiger partial charge is 0.0212 e. The summed E-state index contributed by atoms with van der Waals surface area (Å²) in [6.45, 7) is 7.30. The Morgan fingerprint density at radius 1 is 1.42 bits per heavy atom. The molecule has 0 N–H and O–H groups in total. The number of rotatable bonds is 2. The van der Waals surface area contributed by atoms with Crippen molar-refractivity contribution in [3.63, 3.8) is 0 Å². The molecule has 12 heavy (non-hydrogen) atoms. The van der Waals surface area contributed by atoms with Gasteiger partial charge in [0.05, 0.1) is 0 Å². The minimum atomic E-state index is 0.614. The molecule has 2 fully saturated rings. The molecular formula is C12H21. The summed E-state index contributed by atoms with van der Waals surface area (Å²) in [5.74, 6) is 1.00. The number of fused-ring (bicyclic) bond motifs is 2. The molecule has 0 nitrogen and oxygen atoms in total. The fourth-order valence-electron chi connectivity index (χ4n) is 3.66. The molecule has 0 aromatic carbocycles. The average Bonchev–Trinajstić information content (AvgIpc) is 2.39. The van der Waals surface area contributed by atoms with Gasteiger partial charge in [-0.1, -0.05) is 27.2 Å². The lowest BCUT2D eigenvalue weighted by molar-refractivity contribution is 0.143. The summed E-state index contributed by atoms with van der Waals surface area (Å²) in [7, 11) is 0. The van der Waals surface area contributed by atoms with E-state index in [0.717, 1.165) is 5.92 Å². The molecule has 0 spiro atoms. The largest absolute Gasteiger partial charge is 0.0654 e. The summed E-state index contributed by atoms with van der Waals surface area (Å²) in [4.78, 5) is 0. The van der Waals surface area contributed by atoms with Gasteiger partial charge >= 0.3 is 0 Å². The summed E-state index contributed by atoms with van der Waals surface area (Å²) >= 11 is 0. The first-order valence-corrected chi connectivity index (χ1v) is 5.47. The molecule has 2 aliphatic carbocycles. The van der Waals surface area contributed by atoms with Crippen LogP contribution in [-0.4, -0.2) is 0 Å². The minimum Gasteiger partial charge on any atom is -0.0654 e. The maximum atomic E-state index is 2.64. The summed E-state index contributed by atoms with van der Waals surface area (Å²) in [6.07, 6.45) is 9.78. The van der Waals surface area contributed by atoms with E-state index in [1.807, 2.05) is 0 Å². The molecule has 0 heteroatoms. The number of hydrogen-bond donors (Lipinski definition) is 0. The van der Waals surface area contributed by atoms with E-state index in [2.05, 4.69) is 27.2 Å². The maximum Gasteiger partial charge on any atom is -0.0212 e. The third-order valence-electron chi connectivity index (χ3n) is 4.73. The third kappa shape index (κ3) is 0.843. The highest BCUT2D eigenvalue weighted by Gasteiger charge is 2.57. The Balaban J connectivity index is 2.24. The summed E-state index contributed by atoms with van der Waals surface area (Å²) in [6, 6.07) is 0. The standard InChI is InChI=1S/C12H21/c1-4-7-12-8-5-10(6-9-12)11(12,2)3/h8,10H,4-7,9H2,1-3H3. The van der Waals surface area contributed by atoms with E-state index in [-0.39, 0.29) is 0 Å². The van der Waals surface area contributed by atoms with Crippen molar-refractivity contribution in [3.8, 4) is 0 Å². The fraction of sp³-hybridized carbons (Fsp3) is 0.917. The van der Waals surface area contributed by atoms with Crippen molar-refractivity contribution in [1.82, 2.24) is 0 Å². The first-order chi connectivity index (χ1) is 5.62. The van der Waals surface area contributed by atoms with Crippen LogP contribution in [0.5, 0.6) is 0 Å². The maximum absolute atomic E-state index is 2.64. The van der Waals surface area contributed by atoms with Crippen LogP contribution in [0.15, 0.2) is 0 Å². The molecule has 2 unspecified atom stereocenters. The second-order valence-electron chi connectivity index (χ2n) is 5.30. The van der Waals surface area contributed by atoms with Gasteiger partial charge in [0.1, 0.15) is 0 Å². The van der Waals surface area contributed by atoms with E-state index in [1.165, 1.54) is 32.1 Å². The zero-order chi connectivity index (χ0) is 8.82. The van der Waals surface area contributed by atoms with E-state index in [1.54, 1.807) is 0 Å². The molecule has 0 aliphatic heterocycles. The highest BCUT2D eigenvalue weighted by atomic mass is 14.6. The van der Waals surface area contributed by atoms with Crippen LogP contribution < -0.4 is 0 Å². The zero-order valence-electron chi connectivity index (χ0n) is 8.69. The summed E-state index contributed by atoms with van der Waals surface area (Å²) in [5.41, 5.74) is 1.25. The molecule has 0 saturated heterocycles. The van der Waals surface area contributed by atoms with Crippen LogP contribution in [-0.2, 0) is 0 Å². The summed E-state index contributed by atoms with van der Waals surface area (Å²) in [5, 5.41) is 0. The molecule has 69 valence electrons. The lowest BCUT2D eigenvalue weighted by Crippen LogP contribution is -2.30. The Hall–Kier alpha value is 0. The van der Waals surface area contributed by atoms with E-state index in [9.17, 15) is 0 Å². The Kier molecular flexibility index (Phi) is 1.79. The lowest BCUT2D eigenvalue weighted by Gasteiger charge is -2.38. The first kappa shape index (κ1) is 8.59. The van der Waals surface area contributed by atoms with Gasteiger partial charge in [0, 0.05) is 0 Å². The van der Waals surface area contributed by atoms with Gasteiger partial charge in [0.25, 0.3) is 0 Å². The second kappa shape index (κ2) is 2.49. The van der Waals surface area contributed by atoms with E-state index >= 15 is 0 Å². The lowest BCUT2D eigenvalue weighted by atomic mass is 9.67. The van der Waals surface area contributed by atoms with Gasteiger partial charge in [-0.25, -0.2) is 0 Å². The molecule has 0 aromatic heterocycles. The molecule has 1 radical (unpaired) electrons. The predicted molar refractivity (Wildman–Crippen MR) is 52.8 cm³/mol. The van der Waals surface area contributed by atoms with Crippen molar-refractivity contribution in [1.29, 1.82) is 0 Å². The van der Waals surface area contributed by atoms with Crippen molar-refractivity contribution >= 4 is 0 Å². The molecule has 2 bridgehead atoms. The fourth-order valence-corrected chi connectivity index (χ4v) is 3.66. The highest BCUT2D eigenvalue weighted by molar-refractivity contribution is 5.16. The van der Waals surface area contributed by atoms with Gasteiger partial charge in [-0.15, -0.1) is 0 Å². The zero-order valence-corrected chi connectivity index (χ0v) is 8.69. The molecule has 2 atom stereocenters. The van der Waals surface area contributed by atoms with Crippen LogP contribution in [0.2, 0.25) is 0 Å². The highest BCUT2D eigenvalue weighted by Crippen LogP contribution is 2.66. The second-order valence-corrected chi connectivity index (χ2v) is 5.30. The Labute approximate surface area is 76.7 Å². The number of hydrogen-bond acceptors (Lipinski definition) is 0. The molecule has 2 rings (SSSR count). The van der Waals surface area contributed by atoms with Crippen LogP contribution in [0.4, 0.5) is 0 Å². The first-order valence-electron chi connectivity index (χ1n) is 5.47. The van der Waals surface area contributed by atoms with Gasteiger partial charge in [-0.3, -0.25) is 0 Å². The predicted octanol–water partition coefficient (Wildman–Crippen LogP) is 3.82. The molecule has 2 saturated carbocycles. The monoisotopic (exact) mass is 165 g/mol.